The molecule has 2 atom stereocenters. The standard InChI is InChI=1S/C18H26Cl2N4O2/c1-12(15-7-6-13(19)9-16(15)20)23-18(22-11-17(25)24(2)3)21-10-14-5-4-8-26-14/h6-7,9,12,14H,4-5,8,10-11H2,1-3H3,(H2,21,22,23). The third kappa shape index (κ3) is 6.34. The van der Waals surface area contributed by atoms with Crippen molar-refractivity contribution in [3.63, 3.8) is 0 Å². The molecule has 1 aromatic rings. The number of aliphatic imine (C=N–C) groups is 1. The van der Waals surface area contributed by atoms with Crippen LogP contribution in [-0.4, -0.2) is 56.7 Å². The maximum Gasteiger partial charge on any atom is 0.243 e. The molecule has 1 heterocycles. The minimum absolute atomic E-state index is 0.0644. The molecular formula is C18H26Cl2N4O2. The number of likely N-dealkylation sites (N-methyl/N-ethyl adjacent to an activating group) is 1. The molecule has 1 amide bonds. The number of nitrogens with one attached hydrogen (secondary N) is 2. The molecule has 1 saturated heterocycles. The Morgan fingerprint density at radius 1 is 1.42 bits per heavy atom. The van der Waals surface area contributed by atoms with E-state index in [2.05, 4.69) is 15.6 Å². The molecule has 0 radical (unpaired) electrons. The fourth-order valence-corrected chi connectivity index (χ4v) is 3.16. The molecule has 0 bridgehead atoms. The molecule has 0 aromatic heterocycles. The van der Waals surface area contributed by atoms with Gasteiger partial charge in [0.15, 0.2) is 5.96 Å². The summed E-state index contributed by atoms with van der Waals surface area (Å²) in [7, 11) is 3.42. The van der Waals surface area contributed by atoms with Crippen molar-refractivity contribution in [3.05, 3.63) is 33.8 Å². The van der Waals surface area contributed by atoms with Crippen LogP contribution >= 0.6 is 23.2 Å². The van der Waals surface area contributed by atoms with Gasteiger partial charge in [-0.25, -0.2) is 4.99 Å². The highest BCUT2D eigenvalue weighted by atomic mass is 35.5. The zero-order valence-corrected chi connectivity index (χ0v) is 16.9. The van der Waals surface area contributed by atoms with Crippen molar-refractivity contribution in [2.24, 2.45) is 4.99 Å². The van der Waals surface area contributed by atoms with Gasteiger partial charge in [-0.05, 0) is 37.5 Å². The van der Waals surface area contributed by atoms with Gasteiger partial charge < -0.3 is 20.3 Å². The lowest BCUT2D eigenvalue weighted by Crippen LogP contribution is -2.43. The number of hydrogen-bond acceptors (Lipinski definition) is 3. The highest BCUT2D eigenvalue weighted by Gasteiger charge is 2.17. The largest absolute Gasteiger partial charge is 0.376 e. The van der Waals surface area contributed by atoms with Gasteiger partial charge in [0.05, 0.1) is 12.1 Å². The Morgan fingerprint density at radius 3 is 2.81 bits per heavy atom. The van der Waals surface area contributed by atoms with Crippen molar-refractivity contribution in [1.29, 1.82) is 0 Å². The maximum atomic E-state index is 11.9. The highest BCUT2D eigenvalue weighted by Crippen LogP contribution is 2.26. The first kappa shape index (κ1) is 20.8. The first-order chi connectivity index (χ1) is 12.4. The SMILES string of the molecule is CC(NC(=NCC(=O)N(C)C)NCC1CCCO1)c1ccc(Cl)cc1Cl. The Kier molecular flexibility index (Phi) is 8.00. The van der Waals surface area contributed by atoms with Crippen molar-refractivity contribution in [2.75, 3.05) is 33.8 Å². The van der Waals surface area contributed by atoms with Crippen LogP contribution in [0.1, 0.15) is 31.4 Å². The summed E-state index contributed by atoms with van der Waals surface area (Å²) >= 11 is 12.3. The monoisotopic (exact) mass is 400 g/mol. The molecule has 0 aliphatic carbocycles. The Bertz CT molecular complexity index is 646. The second kappa shape index (κ2) is 10.00. The third-order valence-electron chi connectivity index (χ3n) is 4.17. The fourth-order valence-electron chi connectivity index (χ4n) is 2.59. The molecule has 26 heavy (non-hydrogen) atoms. The van der Waals surface area contributed by atoms with Gasteiger partial charge in [-0.2, -0.15) is 0 Å². The molecule has 6 nitrogen and oxygen atoms in total. The van der Waals surface area contributed by atoms with Gasteiger partial charge in [0.1, 0.15) is 6.54 Å². The van der Waals surface area contributed by atoms with Crippen LogP contribution in [0.4, 0.5) is 0 Å². The van der Waals surface area contributed by atoms with E-state index in [0.29, 0.717) is 22.5 Å². The maximum absolute atomic E-state index is 11.9. The normalized spacial score (nSPS) is 18.5. The van der Waals surface area contributed by atoms with Crippen molar-refractivity contribution >= 4 is 35.1 Å². The number of rotatable bonds is 6. The van der Waals surface area contributed by atoms with E-state index in [0.717, 1.165) is 25.0 Å². The average molecular weight is 401 g/mol. The van der Waals surface area contributed by atoms with E-state index in [9.17, 15) is 4.79 Å². The number of carbonyl (C=O) groups excluding carboxylic acids is 1. The minimum Gasteiger partial charge on any atom is -0.376 e. The van der Waals surface area contributed by atoms with Crippen LogP contribution < -0.4 is 10.6 Å². The molecule has 8 heteroatoms. The van der Waals surface area contributed by atoms with E-state index in [4.69, 9.17) is 27.9 Å². The number of amides is 1. The number of hydrogen-bond donors (Lipinski definition) is 2. The lowest BCUT2D eigenvalue weighted by molar-refractivity contribution is -0.127. The number of nitrogens with zero attached hydrogens (tertiary/aromatic N) is 2. The Morgan fingerprint density at radius 2 is 2.19 bits per heavy atom. The van der Waals surface area contributed by atoms with E-state index >= 15 is 0 Å². The van der Waals surface area contributed by atoms with E-state index in [1.807, 2.05) is 13.0 Å². The zero-order chi connectivity index (χ0) is 19.1. The lowest BCUT2D eigenvalue weighted by atomic mass is 10.1. The number of benzene rings is 1. The smallest absolute Gasteiger partial charge is 0.243 e. The van der Waals surface area contributed by atoms with E-state index in [-0.39, 0.29) is 24.6 Å². The summed E-state index contributed by atoms with van der Waals surface area (Å²) in [6.07, 6.45) is 2.26. The zero-order valence-electron chi connectivity index (χ0n) is 15.4. The van der Waals surface area contributed by atoms with Gasteiger partial charge >= 0.3 is 0 Å². The molecule has 2 N–H and O–H groups in total. The predicted molar refractivity (Wildman–Crippen MR) is 106 cm³/mol. The number of halogens is 2. The molecule has 2 rings (SSSR count). The van der Waals surface area contributed by atoms with Gasteiger partial charge in [-0.15, -0.1) is 0 Å². The summed E-state index contributed by atoms with van der Waals surface area (Å²) in [5.41, 5.74) is 0.904. The van der Waals surface area contributed by atoms with Crippen molar-refractivity contribution in [3.8, 4) is 0 Å². The first-order valence-electron chi connectivity index (χ1n) is 8.68. The highest BCUT2D eigenvalue weighted by molar-refractivity contribution is 6.35. The van der Waals surface area contributed by atoms with Crippen LogP contribution in [0.5, 0.6) is 0 Å². The summed E-state index contributed by atoms with van der Waals surface area (Å²) < 4.78 is 5.63. The summed E-state index contributed by atoms with van der Waals surface area (Å²) in [6, 6.07) is 5.28. The molecule has 1 fully saturated rings. The molecule has 1 aromatic carbocycles. The Labute approximate surface area is 164 Å². The van der Waals surface area contributed by atoms with Crippen molar-refractivity contribution < 1.29 is 9.53 Å². The summed E-state index contributed by atoms with van der Waals surface area (Å²) in [5.74, 6) is 0.481. The molecule has 2 unspecified atom stereocenters. The van der Waals surface area contributed by atoms with Gasteiger partial charge in [-0.1, -0.05) is 29.3 Å². The quantitative estimate of drug-likeness (QED) is 0.568. The first-order valence-corrected chi connectivity index (χ1v) is 9.44. The van der Waals surface area contributed by atoms with Crippen LogP contribution in [-0.2, 0) is 9.53 Å². The van der Waals surface area contributed by atoms with Gasteiger partial charge in [-0.3, -0.25) is 4.79 Å². The molecule has 1 aliphatic heterocycles. The lowest BCUT2D eigenvalue weighted by Gasteiger charge is -2.21. The number of ether oxygens (including phenoxy) is 1. The number of guanidine groups is 1. The van der Waals surface area contributed by atoms with Crippen LogP contribution in [0.2, 0.25) is 10.0 Å². The second-order valence-corrected chi connectivity index (χ2v) is 7.34. The molecule has 144 valence electrons. The second-order valence-electron chi connectivity index (χ2n) is 6.50. The van der Waals surface area contributed by atoms with Crippen molar-refractivity contribution in [1.82, 2.24) is 15.5 Å². The summed E-state index contributed by atoms with van der Waals surface area (Å²) in [4.78, 5) is 17.8. The Hall–Kier alpha value is -1.50. The van der Waals surface area contributed by atoms with Crippen LogP contribution in [0.25, 0.3) is 0 Å². The van der Waals surface area contributed by atoms with Crippen LogP contribution in [0, 0.1) is 0 Å². The predicted octanol–water partition coefficient (Wildman–Crippen LogP) is 2.86. The topological polar surface area (TPSA) is 66.0 Å². The third-order valence-corrected chi connectivity index (χ3v) is 4.74. The Balaban J connectivity index is 2.05. The van der Waals surface area contributed by atoms with E-state index < -0.39 is 0 Å². The van der Waals surface area contributed by atoms with E-state index in [1.54, 1.807) is 26.2 Å². The molecular weight excluding hydrogens is 375 g/mol. The van der Waals surface area contributed by atoms with Crippen molar-refractivity contribution in [2.45, 2.75) is 31.9 Å². The van der Waals surface area contributed by atoms with E-state index in [1.165, 1.54) is 4.90 Å². The molecule has 0 saturated carbocycles. The van der Waals surface area contributed by atoms with Crippen LogP contribution in [0.3, 0.4) is 0 Å². The molecule has 0 spiro atoms. The van der Waals surface area contributed by atoms with Crippen LogP contribution in [0.15, 0.2) is 23.2 Å². The molecule has 1 aliphatic rings. The van der Waals surface area contributed by atoms with Gasteiger partial charge in [0.25, 0.3) is 0 Å². The average Bonchev–Trinajstić information content (AvgIpc) is 3.10. The number of carbonyl (C=O) groups is 1. The summed E-state index contributed by atoms with van der Waals surface area (Å²) in [5, 5.41) is 7.73. The minimum atomic E-state index is -0.107. The fraction of sp³-hybridized carbons (Fsp3) is 0.556. The summed E-state index contributed by atoms with van der Waals surface area (Å²) in [6.45, 7) is 3.48. The van der Waals surface area contributed by atoms with Gasteiger partial charge in [0.2, 0.25) is 5.91 Å². The van der Waals surface area contributed by atoms with Gasteiger partial charge in [0, 0.05) is 37.3 Å².